The molecule has 0 radical (unpaired) electrons. The van der Waals surface area contributed by atoms with Gasteiger partial charge in [-0.15, -0.1) is 0 Å². The molecule has 162 valence electrons. The lowest BCUT2D eigenvalue weighted by Crippen LogP contribution is -2.38. The van der Waals surface area contributed by atoms with Crippen LogP contribution in [-0.2, 0) is 19.0 Å². The number of carbonyl (C=O) groups excluding carboxylic acids is 1. The number of nitrogens with one attached hydrogen (secondary N) is 1. The summed E-state index contributed by atoms with van der Waals surface area (Å²) in [6, 6.07) is 12.4. The van der Waals surface area contributed by atoms with Crippen LogP contribution >= 0.6 is 0 Å². The van der Waals surface area contributed by atoms with E-state index in [0.29, 0.717) is 23.3 Å². The van der Waals surface area contributed by atoms with Crippen LogP contribution in [0.4, 0.5) is 0 Å². The summed E-state index contributed by atoms with van der Waals surface area (Å²) in [6.45, 7) is 6.50. The van der Waals surface area contributed by atoms with Crippen molar-refractivity contribution in [2.45, 2.75) is 44.7 Å². The van der Waals surface area contributed by atoms with Gasteiger partial charge in [-0.2, -0.15) is 10.1 Å². The lowest BCUT2D eigenvalue weighted by molar-refractivity contribution is 0.0928. The molecule has 31 heavy (non-hydrogen) atoms. The largest absolute Gasteiger partial charge is 0.348 e. The molecule has 8 heteroatoms. The molecule has 1 N–H and O–H groups in total. The fourth-order valence-electron chi connectivity index (χ4n) is 5.31. The average Bonchev–Trinajstić information content (AvgIpc) is 3.47. The Kier molecular flexibility index (Phi) is 4.89. The Balaban J connectivity index is 1.35. The summed E-state index contributed by atoms with van der Waals surface area (Å²) >= 11 is 0. The fourth-order valence-corrected chi connectivity index (χ4v) is 5.31. The van der Waals surface area contributed by atoms with Crippen molar-refractivity contribution in [1.82, 2.24) is 30.1 Å². The first kappa shape index (κ1) is 19.9. The normalized spacial score (nSPS) is 25.6. The van der Waals surface area contributed by atoms with Crippen LogP contribution in [0.25, 0.3) is 0 Å². The predicted molar refractivity (Wildman–Crippen MR) is 114 cm³/mol. The summed E-state index contributed by atoms with van der Waals surface area (Å²) in [5.41, 5.74) is 2.50. The molecule has 8 nitrogen and oxygen atoms in total. The first-order valence-corrected chi connectivity index (χ1v) is 10.8. The molecule has 0 spiro atoms. The highest BCUT2D eigenvalue weighted by atomic mass is 16.5. The molecule has 1 amide bonds. The van der Waals surface area contributed by atoms with Crippen molar-refractivity contribution in [3.63, 3.8) is 0 Å². The fraction of sp³-hybridized carbons (Fsp3) is 0.478. The number of fused-ring (bicyclic) bond motifs is 1. The molecule has 5 rings (SSSR count). The first-order chi connectivity index (χ1) is 14.9. The van der Waals surface area contributed by atoms with Crippen molar-refractivity contribution in [2.75, 3.05) is 13.1 Å². The molecule has 0 bridgehead atoms. The molecule has 1 saturated heterocycles. The lowest BCUT2D eigenvalue weighted by Gasteiger charge is -2.25. The molecule has 2 fully saturated rings. The minimum Gasteiger partial charge on any atom is -0.348 e. The van der Waals surface area contributed by atoms with E-state index in [1.54, 1.807) is 4.68 Å². The van der Waals surface area contributed by atoms with Crippen LogP contribution in [0, 0.1) is 19.8 Å². The number of amides is 1. The Bertz CT molecular complexity index is 1070. The smallest absolute Gasteiger partial charge is 0.272 e. The van der Waals surface area contributed by atoms with Crippen LogP contribution < -0.4 is 5.32 Å². The van der Waals surface area contributed by atoms with Gasteiger partial charge in [0, 0.05) is 38.4 Å². The number of aryl methyl sites for hydroxylation is 3. The van der Waals surface area contributed by atoms with Crippen molar-refractivity contribution in [3.05, 3.63) is 65.1 Å². The number of hydrogen-bond acceptors (Lipinski definition) is 6. The molecule has 3 atom stereocenters. The predicted octanol–water partition coefficient (Wildman–Crippen LogP) is 2.38. The SMILES string of the molecule is Cc1noc([C@]23C[C@H](NC(=O)c4cc(C)n(C)n4)C[C@H]2CN(Cc2ccccc2)C3)n1. The van der Waals surface area contributed by atoms with E-state index >= 15 is 0 Å². The van der Waals surface area contributed by atoms with Crippen LogP contribution in [-0.4, -0.2) is 49.9 Å². The van der Waals surface area contributed by atoms with E-state index in [4.69, 9.17) is 4.52 Å². The molecule has 1 aliphatic carbocycles. The highest BCUT2D eigenvalue weighted by molar-refractivity contribution is 5.92. The number of carbonyl (C=O) groups is 1. The monoisotopic (exact) mass is 420 g/mol. The topological polar surface area (TPSA) is 89.1 Å². The molecule has 3 heterocycles. The number of aromatic nitrogens is 4. The van der Waals surface area contributed by atoms with Crippen molar-refractivity contribution in [1.29, 1.82) is 0 Å². The maximum atomic E-state index is 12.8. The van der Waals surface area contributed by atoms with Crippen LogP contribution in [0.5, 0.6) is 0 Å². The molecule has 0 unspecified atom stereocenters. The van der Waals surface area contributed by atoms with E-state index < -0.39 is 0 Å². The number of hydrogen-bond donors (Lipinski definition) is 1. The second kappa shape index (κ2) is 7.60. The Morgan fingerprint density at radius 1 is 1.29 bits per heavy atom. The number of nitrogens with zero attached hydrogens (tertiary/aromatic N) is 5. The molecule has 1 saturated carbocycles. The Labute approximate surface area is 181 Å². The molecule has 3 aromatic rings. The second-order valence-corrected chi connectivity index (χ2v) is 9.06. The first-order valence-electron chi connectivity index (χ1n) is 10.8. The molecular formula is C23H28N6O2. The summed E-state index contributed by atoms with van der Waals surface area (Å²) in [7, 11) is 1.85. The third-order valence-electron chi connectivity index (χ3n) is 6.83. The molecular weight excluding hydrogens is 392 g/mol. The lowest BCUT2D eigenvalue weighted by atomic mass is 9.80. The van der Waals surface area contributed by atoms with Crippen molar-refractivity contribution >= 4 is 5.91 Å². The second-order valence-electron chi connectivity index (χ2n) is 9.06. The van der Waals surface area contributed by atoms with Crippen LogP contribution in [0.1, 0.15) is 46.3 Å². The van der Waals surface area contributed by atoms with Crippen molar-refractivity contribution in [2.24, 2.45) is 13.0 Å². The van der Waals surface area contributed by atoms with Crippen molar-refractivity contribution < 1.29 is 9.32 Å². The molecule has 1 aliphatic heterocycles. The molecule has 2 aromatic heterocycles. The van der Waals surface area contributed by atoms with Gasteiger partial charge >= 0.3 is 0 Å². The van der Waals surface area contributed by atoms with Gasteiger partial charge in [0.1, 0.15) is 5.69 Å². The van der Waals surface area contributed by atoms with Gasteiger partial charge in [0.25, 0.3) is 5.91 Å². The average molecular weight is 421 g/mol. The zero-order chi connectivity index (χ0) is 21.6. The highest BCUT2D eigenvalue weighted by Crippen LogP contribution is 2.50. The van der Waals surface area contributed by atoms with E-state index in [-0.39, 0.29) is 17.4 Å². The third kappa shape index (κ3) is 3.65. The van der Waals surface area contributed by atoms with Crippen LogP contribution in [0.2, 0.25) is 0 Å². The Morgan fingerprint density at radius 2 is 2.10 bits per heavy atom. The maximum Gasteiger partial charge on any atom is 0.272 e. The van der Waals surface area contributed by atoms with Gasteiger partial charge in [0.15, 0.2) is 5.82 Å². The van der Waals surface area contributed by atoms with E-state index in [1.807, 2.05) is 33.0 Å². The van der Waals surface area contributed by atoms with Gasteiger partial charge in [-0.1, -0.05) is 35.5 Å². The van der Waals surface area contributed by atoms with Gasteiger partial charge in [-0.05, 0) is 44.2 Å². The zero-order valence-corrected chi connectivity index (χ0v) is 18.2. The van der Waals surface area contributed by atoms with Gasteiger partial charge in [0.2, 0.25) is 5.89 Å². The van der Waals surface area contributed by atoms with Gasteiger partial charge in [0.05, 0.1) is 5.41 Å². The van der Waals surface area contributed by atoms with E-state index in [1.165, 1.54) is 5.56 Å². The highest BCUT2D eigenvalue weighted by Gasteiger charge is 2.57. The van der Waals surface area contributed by atoms with Crippen LogP contribution in [0.3, 0.4) is 0 Å². The number of likely N-dealkylation sites (tertiary alicyclic amines) is 1. The van der Waals surface area contributed by atoms with E-state index in [9.17, 15) is 4.79 Å². The van der Waals surface area contributed by atoms with E-state index in [0.717, 1.165) is 38.2 Å². The number of benzene rings is 1. The summed E-state index contributed by atoms with van der Waals surface area (Å²) in [5, 5.41) is 11.6. The minimum absolute atomic E-state index is 0.0610. The quantitative estimate of drug-likeness (QED) is 0.682. The zero-order valence-electron chi connectivity index (χ0n) is 18.2. The standard InChI is InChI=1S/C23H28N6O2/c1-15-9-20(26-28(15)3)21(30)25-19-10-18-13-29(12-17-7-5-4-6-8-17)14-23(18,11-19)22-24-16(2)27-31-22/h4-9,18-19H,10-14H2,1-3H3,(H,25,30)/t18-,19+,23-/m0/s1. The molecule has 1 aromatic carbocycles. The Morgan fingerprint density at radius 3 is 2.77 bits per heavy atom. The number of rotatable bonds is 5. The van der Waals surface area contributed by atoms with Crippen LogP contribution in [0.15, 0.2) is 40.9 Å². The molecule has 2 aliphatic rings. The van der Waals surface area contributed by atoms with Gasteiger partial charge in [-0.25, -0.2) is 0 Å². The minimum atomic E-state index is -0.228. The van der Waals surface area contributed by atoms with Gasteiger partial charge in [-0.3, -0.25) is 14.4 Å². The van der Waals surface area contributed by atoms with E-state index in [2.05, 4.69) is 49.7 Å². The Hall–Kier alpha value is -3.00. The summed E-state index contributed by atoms with van der Waals surface area (Å²) in [5.74, 6) is 1.59. The van der Waals surface area contributed by atoms with Crippen molar-refractivity contribution in [3.8, 4) is 0 Å². The maximum absolute atomic E-state index is 12.8. The summed E-state index contributed by atoms with van der Waals surface area (Å²) < 4.78 is 7.42. The summed E-state index contributed by atoms with van der Waals surface area (Å²) in [4.78, 5) is 19.9. The third-order valence-corrected chi connectivity index (χ3v) is 6.83. The summed E-state index contributed by atoms with van der Waals surface area (Å²) in [6.07, 6.45) is 1.69. The van der Waals surface area contributed by atoms with Gasteiger partial charge < -0.3 is 9.84 Å².